The first kappa shape index (κ1) is 31.8. The summed E-state index contributed by atoms with van der Waals surface area (Å²) < 4.78 is 40.4. The highest BCUT2D eigenvalue weighted by Gasteiger charge is 2.67. The molecule has 5 nitrogen and oxygen atoms in total. The van der Waals surface area contributed by atoms with Gasteiger partial charge in [-0.25, -0.2) is 0 Å². The number of aliphatic hydroxyl groups excluding tert-OH is 1. The molecule has 0 saturated heterocycles. The Kier molecular flexibility index (Phi) is 7.94. The zero-order valence-electron chi connectivity index (χ0n) is 25.7. The molecule has 3 saturated carbocycles. The third-order valence-electron chi connectivity index (χ3n) is 12.2. The Hall–Kier alpha value is -2.14. The second-order valence-corrected chi connectivity index (χ2v) is 15.2. The number of carbonyl (C=O) groups excluding carboxylic acids is 2. The van der Waals surface area contributed by atoms with Gasteiger partial charge in [0.05, 0.1) is 17.7 Å². The van der Waals surface area contributed by atoms with E-state index in [0.29, 0.717) is 50.5 Å². The van der Waals surface area contributed by atoms with Gasteiger partial charge in [0.15, 0.2) is 5.78 Å². The fraction of sp³-hybridized carbons (Fsp3) is 0.788. The van der Waals surface area contributed by atoms with E-state index in [2.05, 4.69) is 39.1 Å². The maximum absolute atomic E-state index is 14.1. The number of rotatable bonds is 5. The number of allylic oxidation sites excluding steroid dienone is 3. The molecule has 2 N–H and O–H groups in total. The van der Waals surface area contributed by atoms with E-state index in [1.807, 2.05) is 20.8 Å². The summed E-state index contributed by atoms with van der Waals surface area (Å²) in [6.45, 7) is 14.5. The van der Waals surface area contributed by atoms with Crippen molar-refractivity contribution in [3.63, 3.8) is 0 Å². The van der Waals surface area contributed by atoms with Crippen LogP contribution in [0.25, 0.3) is 0 Å². The van der Waals surface area contributed by atoms with Crippen molar-refractivity contribution in [2.24, 2.45) is 39.4 Å². The number of aliphatic hydroxyl groups is 1. The van der Waals surface area contributed by atoms with Crippen molar-refractivity contribution in [1.29, 1.82) is 5.26 Å². The Labute approximate surface area is 243 Å². The van der Waals surface area contributed by atoms with E-state index in [0.717, 1.165) is 18.4 Å². The molecule has 228 valence electrons. The number of halogens is 3. The average Bonchev–Trinajstić information content (AvgIpc) is 2.87. The van der Waals surface area contributed by atoms with Gasteiger partial charge < -0.3 is 10.4 Å². The molecule has 41 heavy (non-hydrogen) atoms. The van der Waals surface area contributed by atoms with Crippen LogP contribution in [0.1, 0.15) is 106 Å². The quantitative estimate of drug-likeness (QED) is 0.339. The number of nitriles is 1. The SMILES string of the molecule is CC/C=C(/C#N)C(O)C(C)(C)[C@@H]1CC[C@]2(C)C(=CC(=O)C3C4CC(C)(C)CC[C@]4(NC(=O)C(F)(F)F)CC[C@]32C)C1. The Morgan fingerprint density at radius 3 is 2.39 bits per heavy atom. The molecule has 0 heterocycles. The van der Waals surface area contributed by atoms with E-state index >= 15 is 0 Å². The fourth-order valence-electron chi connectivity index (χ4n) is 9.16. The zero-order chi connectivity index (χ0) is 30.8. The third kappa shape index (κ3) is 5.08. The largest absolute Gasteiger partial charge is 0.471 e. The molecule has 1 amide bonds. The summed E-state index contributed by atoms with van der Waals surface area (Å²) >= 11 is 0. The smallest absolute Gasteiger partial charge is 0.387 e. The molecule has 3 unspecified atom stereocenters. The average molecular weight is 577 g/mol. The van der Waals surface area contributed by atoms with Crippen molar-refractivity contribution < 1.29 is 27.9 Å². The number of nitrogens with zero attached hydrogens (tertiary/aromatic N) is 1. The number of hydrogen-bond acceptors (Lipinski definition) is 4. The van der Waals surface area contributed by atoms with Gasteiger partial charge in [-0.1, -0.05) is 60.1 Å². The normalized spacial score (nSPS) is 38.0. The van der Waals surface area contributed by atoms with E-state index in [1.54, 1.807) is 12.2 Å². The van der Waals surface area contributed by atoms with Crippen LogP contribution < -0.4 is 5.32 Å². The molecule has 3 fully saturated rings. The fourth-order valence-corrected chi connectivity index (χ4v) is 9.16. The highest BCUT2D eigenvalue weighted by molar-refractivity contribution is 5.95. The minimum Gasteiger partial charge on any atom is -0.387 e. The molecule has 0 aromatic carbocycles. The van der Waals surface area contributed by atoms with Gasteiger partial charge >= 0.3 is 12.1 Å². The van der Waals surface area contributed by atoms with Crippen LogP contribution >= 0.6 is 0 Å². The van der Waals surface area contributed by atoms with Crippen molar-refractivity contribution in [1.82, 2.24) is 5.32 Å². The van der Waals surface area contributed by atoms with Gasteiger partial charge in [-0.05, 0) is 97.4 Å². The Bertz CT molecular complexity index is 1200. The minimum atomic E-state index is -4.98. The Morgan fingerprint density at radius 2 is 1.80 bits per heavy atom. The maximum atomic E-state index is 14.1. The first-order chi connectivity index (χ1) is 18.8. The molecule has 0 spiro atoms. The van der Waals surface area contributed by atoms with Crippen LogP contribution in [0.3, 0.4) is 0 Å². The summed E-state index contributed by atoms with van der Waals surface area (Å²) in [4.78, 5) is 26.4. The molecule has 0 aromatic heterocycles. The van der Waals surface area contributed by atoms with Gasteiger partial charge in [-0.2, -0.15) is 18.4 Å². The van der Waals surface area contributed by atoms with Crippen LogP contribution in [0.15, 0.2) is 23.3 Å². The second kappa shape index (κ2) is 10.2. The first-order valence-corrected chi connectivity index (χ1v) is 15.2. The van der Waals surface area contributed by atoms with E-state index in [1.165, 1.54) is 0 Å². The molecular weight excluding hydrogens is 529 g/mol. The van der Waals surface area contributed by atoms with Crippen molar-refractivity contribution in [2.45, 2.75) is 124 Å². The summed E-state index contributed by atoms with van der Waals surface area (Å²) in [5, 5.41) is 23.3. The molecule has 4 aliphatic rings. The predicted octanol–water partition coefficient (Wildman–Crippen LogP) is 7.21. The van der Waals surface area contributed by atoms with Crippen molar-refractivity contribution in [2.75, 3.05) is 0 Å². The van der Waals surface area contributed by atoms with Crippen molar-refractivity contribution in [3.05, 3.63) is 23.3 Å². The number of nitrogens with one attached hydrogen (secondary N) is 1. The number of carbonyl (C=O) groups is 2. The first-order valence-electron chi connectivity index (χ1n) is 15.2. The van der Waals surface area contributed by atoms with Crippen LogP contribution in [-0.2, 0) is 9.59 Å². The number of amides is 1. The van der Waals surface area contributed by atoms with Gasteiger partial charge in [-0.15, -0.1) is 0 Å². The highest BCUT2D eigenvalue weighted by Crippen LogP contribution is 2.69. The number of alkyl halides is 3. The number of fused-ring (bicyclic) bond motifs is 5. The van der Waals surface area contributed by atoms with Crippen LogP contribution in [-0.4, -0.2) is 34.6 Å². The van der Waals surface area contributed by atoms with Crippen molar-refractivity contribution >= 4 is 11.7 Å². The topological polar surface area (TPSA) is 90.2 Å². The molecule has 4 rings (SSSR count). The lowest BCUT2D eigenvalue weighted by molar-refractivity contribution is -0.184. The predicted molar refractivity (Wildman–Crippen MR) is 151 cm³/mol. The Balaban J connectivity index is 1.72. The zero-order valence-corrected chi connectivity index (χ0v) is 25.7. The summed E-state index contributed by atoms with van der Waals surface area (Å²) in [6.07, 6.45) is 3.20. The van der Waals surface area contributed by atoms with Crippen LogP contribution in [0.4, 0.5) is 13.2 Å². The summed E-state index contributed by atoms with van der Waals surface area (Å²) in [6, 6.07) is 2.16. The minimum absolute atomic E-state index is 0.0457. The molecule has 4 aliphatic carbocycles. The van der Waals surface area contributed by atoms with Gasteiger partial charge in [0.1, 0.15) is 0 Å². The summed E-state index contributed by atoms with van der Waals surface area (Å²) in [5.74, 6) is -2.76. The molecule has 0 radical (unpaired) electrons. The number of ketones is 1. The van der Waals surface area contributed by atoms with Gasteiger partial charge in [0.25, 0.3) is 0 Å². The number of hydrogen-bond donors (Lipinski definition) is 2. The third-order valence-corrected chi connectivity index (χ3v) is 12.2. The van der Waals surface area contributed by atoms with Crippen LogP contribution in [0.2, 0.25) is 0 Å². The van der Waals surface area contributed by atoms with Gasteiger partial charge in [0, 0.05) is 11.5 Å². The van der Waals surface area contributed by atoms with Gasteiger partial charge in [-0.3, -0.25) is 9.59 Å². The standard InChI is InChI=1S/C33H47F3N2O3/c1-8-9-20(19-37)26(40)29(4,5)21-10-11-30(6)22(16-21)17-24(39)25-23-18-28(2,3)12-14-32(23,15-13-31(25,30)7)38-27(41)33(34,35)36/h9,17,21,23,25-26,40H,8,10-16,18H2,1-7H3,(H,38,41)/b20-9-/t21-,23?,25?,26?,30-,31-,32+/m1/s1. The molecule has 0 bridgehead atoms. The van der Waals surface area contributed by atoms with Crippen LogP contribution in [0.5, 0.6) is 0 Å². The Morgan fingerprint density at radius 1 is 1.17 bits per heavy atom. The lowest BCUT2D eigenvalue weighted by Gasteiger charge is -2.66. The maximum Gasteiger partial charge on any atom is 0.471 e. The molecular formula is C33H47F3N2O3. The van der Waals surface area contributed by atoms with Gasteiger partial charge in [0.2, 0.25) is 0 Å². The van der Waals surface area contributed by atoms with Crippen LogP contribution in [0, 0.1) is 50.7 Å². The van der Waals surface area contributed by atoms with Crippen molar-refractivity contribution in [3.8, 4) is 6.07 Å². The van der Waals surface area contributed by atoms with E-state index in [-0.39, 0.29) is 28.4 Å². The lowest BCUT2D eigenvalue weighted by Crippen LogP contribution is -2.69. The molecule has 7 atom stereocenters. The molecule has 0 aromatic rings. The highest BCUT2D eigenvalue weighted by atomic mass is 19.4. The van der Waals surface area contributed by atoms with E-state index < -0.39 is 40.5 Å². The monoisotopic (exact) mass is 576 g/mol. The molecule has 0 aliphatic heterocycles. The molecule has 8 heteroatoms. The lowest BCUT2D eigenvalue weighted by atomic mass is 9.38. The second-order valence-electron chi connectivity index (χ2n) is 15.2. The summed E-state index contributed by atoms with van der Waals surface area (Å²) in [5.41, 5.74) is -1.16. The summed E-state index contributed by atoms with van der Waals surface area (Å²) in [7, 11) is 0. The van der Waals surface area contributed by atoms with E-state index in [4.69, 9.17) is 0 Å². The van der Waals surface area contributed by atoms with E-state index in [9.17, 15) is 33.1 Å².